The molecule has 2 aliphatic rings. The Morgan fingerprint density at radius 2 is 2.53 bits per heavy atom. The average molecular weight is 210 g/mol. The van der Waals surface area contributed by atoms with Crippen molar-refractivity contribution in [2.24, 2.45) is 0 Å². The first-order chi connectivity index (χ1) is 7.24. The highest BCUT2D eigenvalue weighted by molar-refractivity contribution is 5.82. The van der Waals surface area contributed by atoms with E-state index >= 15 is 0 Å². The highest BCUT2D eigenvalue weighted by atomic mass is 16.7. The summed E-state index contributed by atoms with van der Waals surface area (Å²) in [6.07, 6.45) is 8.24. The fourth-order valence-electron chi connectivity index (χ4n) is 1.75. The van der Waals surface area contributed by atoms with Crippen molar-refractivity contribution >= 4 is 5.97 Å². The van der Waals surface area contributed by atoms with Crippen LogP contribution in [0.25, 0.3) is 0 Å². The Kier molecular flexibility index (Phi) is 2.77. The lowest BCUT2D eigenvalue weighted by molar-refractivity contribution is -0.135. The van der Waals surface area contributed by atoms with Gasteiger partial charge in [0, 0.05) is 6.42 Å². The highest BCUT2D eigenvalue weighted by Gasteiger charge is 2.38. The smallest absolute Gasteiger partial charge is 0.333 e. The van der Waals surface area contributed by atoms with Crippen LogP contribution in [0.1, 0.15) is 19.3 Å². The Hall–Kier alpha value is -1.29. The lowest BCUT2D eigenvalue weighted by Gasteiger charge is -2.26. The maximum absolute atomic E-state index is 11.0. The number of hydrogen-bond donors (Lipinski definition) is 0. The molecule has 15 heavy (non-hydrogen) atoms. The van der Waals surface area contributed by atoms with Crippen molar-refractivity contribution in [1.29, 1.82) is 0 Å². The molecule has 0 aromatic carbocycles. The van der Waals surface area contributed by atoms with E-state index < -0.39 is 11.8 Å². The number of hydrogen-bond acceptors (Lipinski definition) is 4. The van der Waals surface area contributed by atoms with Crippen molar-refractivity contribution in [2.45, 2.75) is 25.0 Å². The molecule has 1 aliphatic carbocycles. The molecule has 1 unspecified atom stereocenters. The summed E-state index contributed by atoms with van der Waals surface area (Å²) in [6.45, 7) is 0.333. The van der Waals surface area contributed by atoms with Crippen LogP contribution >= 0.6 is 0 Å². The molecule has 0 radical (unpaired) electrons. The molecule has 2 rings (SSSR count). The second-order valence-corrected chi connectivity index (χ2v) is 3.63. The van der Waals surface area contributed by atoms with Crippen LogP contribution in [0, 0.1) is 0 Å². The number of esters is 1. The van der Waals surface area contributed by atoms with E-state index in [2.05, 4.69) is 4.74 Å². The fraction of sp³-hybridized carbons (Fsp3) is 0.545. The van der Waals surface area contributed by atoms with Crippen molar-refractivity contribution in [1.82, 2.24) is 0 Å². The zero-order valence-corrected chi connectivity index (χ0v) is 8.69. The molecule has 1 atom stereocenters. The molecule has 4 nitrogen and oxygen atoms in total. The minimum Gasteiger partial charge on any atom is -0.466 e. The Balaban J connectivity index is 2.05. The monoisotopic (exact) mass is 210 g/mol. The minimum absolute atomic E-state index is 0.333. The molecule has 1 aliphatic heterocycles. The van der Waals surface area contributed by atoms with Gasteiger partial charge < -0.3 is 14.2 Å². The molecule has 0 aromatic rings. The van der Waals surface area contributed by atoms with Gasteiger partial charge in [0.15, 0.2) is 0 Å². The third kappa shape index (κ3) is 2.21. The first kappa shape index (κ1) is 10.2. The summed E-state index contributed by atoms with van der Waals surface area (Å²) >= 11 is 0. The van der Waals surface area contributed by atoms with E-state index in [1.807, 2.05) is 12.2 Å². The van der Waals surface area contributed by atoms with E-state index in [-0.39, 0.29) is 0 Å². The SMILES string of the molecule is COC(=O)/C=C1/COC2(C=CCCC2)O1. The van der Waals surface area contributed by atoms with Crippen molar-refractivity contribution in [3.05, 3.63) is 24.0 Å². The Morgan fingerprint density at radius 3 is 3.20 bits per heavy atom. The molecule has 1 spiro atoms. The Labute approximate surface area is 88.5 Å². The van der Waals surface area contributed by atoms with Gasteiger partial charge in [-0.05, 0) is 18.9 Å². The normalized spacial score (nSPS) is 31.9. The maximum atomic E-state index is 11.0. The van der Waals surface area contributed by atoms with E-state index in [1.165, 1.54) is 13.2 Å². The molecule has 4 heteroatoms. The van der Waals surface area contributed by atoms with Crippen LogP contribution in [0.15, 0.2) is 24.0 Å². The van der Waals surface area contributed by atoms with Gasteiger partial charge in [-0.25, -0.2) is 4.79 Å². The van der Waals surface area contributed by atoms with E-state index in [0.717, 1.165) is 19.3 Å². The molecular formula is C11H14O4. The van der Waals surface area contributed by atoms with Crippen LogP contribution < -0.4 is 0 Å². The zero-order chi connectivity index (χ0) is 10.7. The Bertz CT molecular complexity index is 319. The first-order valence-corrected chi connectivity index (χ1v) is 5.03. The van der Waals surface area contributed by atoms with Crippen molar-refractivity contribution in [3.63, 3.8) is 0 Å². The molecule has 0 bridgehead atoms. The number of rotatable bonds is 1. The highest BCUT2D eigenvalue weighted by Crippen LogP contribution is 2.34. The van der Waals surface area contributed by atoms with E-state index in [4.69, 9.17) is 9.47 Å². The summed E-state index contributed by atoms with van der Waals surface area (Å²) < 4.78 is 15.7. The molecule has 0 saturated carbocycles. The molecule has 0 N–H and O–H groups in total. The second-order valence-electron chi connectivity index (χ2n) is 3.63. The van der Waals surface area contributed by atoms with Crippen LogP contribution in [-0.2, 0) is 19.0 Å². The summed E-state index contributed by atoms with van der Waals surface area (Å²) in [5.41, 5.74) is 0. The molecule has 1 fully saturated rings. The standard InChI is InChI=1S/C11H14O4/c1-13-10(12)7-9-8-14-11(15-9)5-3-2-4-6-11/h3,5,7H,2,4,6,8H2,1H3/b9-7-. The quantitative estimate of drug-likeness (QED) is 0.374. The zero-order valence-electron chi connectivity index (χ0n) is 8.69. The van der Waals surface area contributed by atoms with Gasteiger partial charge in [0.25, 0.3) is 0 Å². The van der Waals surface area contributed by atoms with Gasteiger partial charge in [-0.3, -0.25) is 0 Å². The van der Waals surface area contributed by atoms with Crippen LogP contribution in [0.5, 0.6) is 0 Å². The number of carbonyl (C=O) groups excluding carboxylic acids is 1. The second kappa shape index (κ2) is 4.06. The Morgan fingerprint density at radius 1 is 1.67 bits per heavy atom. The largest absolute Gasteiger partial charge is 0.466 e. The predicted molar refractivity (Wildman–Crippen MR) is 52.9 cm³/mol. The molecule has 0 amide bonds. The average Bonchev–Trinajstić information content (AvgIpc) is 2.62. The number of methoxy groups -OCH3 is 1. The van der Waals surface area contributed by atoms with E-state index in [0.29, 0.717) is 12.4 Å². The van der Waals surface area contributed by atoms with Gasteiger partial charge >= 0.3 is 5.97 Å². The molecular weight excluding hydrogens is 196 g/mol. The van der Waals surface area contributed by atoms with Gasteiger partial charge in [-0.1, -0.05) is 6.08 Å². The van der Waals surface area contributed by atoms with Gasteiger partial charge in [-0.2, -0.15) is 0 Å². The van der Waals surface area contributed by atoms with Gasteiger partial charge in [0.05, 0.1) is 13.2 Å². The summed E-state index contributed by atoms with van der Waals surface area (Å²) in [6, 6.07) is 0. The third-order valence-electron chi connectivity index (χ3n) is 2.51. The van der Waals surface area contributed by atoms with Crippen LogP contribution in [0.3, 0.4) is 0 Å². The predicted octanol–water partition coefficient (Wildman–Crippen LogP) is 1.53. The maximum Gasteiger partial charge on any atom is 0.333 e. The number of carbonyl (C=O) groups is 1. The fourth-order valence-corrected chi connectivity index (χ4v) is 1.75. The van der Waals surface area contributed by atoms with E-state index in [1.54, 1.807) is 0 Å². The number of ether oxygens (including phenoxy) is 3. The van der Waals surface area contributed by atoms with Gasteiger partial charge in [-0.15, -0.1) is 0 Å². The first-order valence-electron chi connectivity index (χ1n) is 5.03. The van der Waals surface area contributed by atoms with Gasteiger partial charge in [0.2, 0.25) is 5.79 Å². The van der Waals surface area contributed by atoms with Crippen molar-refractivity contribution in [2.75, 3.05) is 13.7 Å². The lowest BCUT2D eigenvalue weighted by atomic mass is 10.0. The molecule has 0 aromatic heterocycles. The van der Waals surface area contributed by atoms with Crippen molar-refractivity contribution in [3.8, 4) is 0 Å². The topological polar surface area (TPSA) is 44.8 Å². The summed E-state index contributed by atoms with van der Waals surface area (Å²) in [7, 11) is 1.34. The van der Waals surface area contributed by atoms with E-state index in [9.17, 15) is 4.79 Å². The molecule has 1 heterocycles. The third-order valence-corrected chi connectivity index (χ3v) is 2.51. The van der Waals surface area contributed by atoms with Crippen LogP contribution in [-0.4, -0.2) is 25.5 Å². The summed E-state index contributed by atoms with van der Waals surface area (Å²) in [5, 5.41) is 0. The lowest BCUT2D eigenvalue weighted by Crippen LogP contribution is -2.28. The molecule has 1 saturated heterocycles. The van der Waals surface area contributed by atoms with Crippen LogP contribution in [0.4, 0.5) is 0 Å². The molecule has 82 valence electrons. The summed E-state index contributed by atoms with van der Waals surface area (Å²) in [5.74, 6) is -0.503. The number of allylic oxidation sites excluding steroid dienone is 1. The minimum atomic E-state index is -0.627. The van der Waals surface area contributed by atoms with Crippen molar-refractivity contribution < 1.29 is 19.0 Å². The van der Waals surface area contributed by atoms with Gasteiger partial charge in [0.1, 0.15) is 12.4 Å². The summed E-state index contributed by atoms with van der Waals surface area (Å²) in [4.78, 5) is 11.0. The van der Waals surface area contributed by atoms with Crippen LogP contribution in [0.2, 0.25) is 0 Å².